The van der Waals surface area contributed by atoms with Crippen molar-refractivity contribution in [3.8, 4) is 0 Å². The molecule has 0 bridgehead atoms. The first-order valence-electron chi connectivity index (χ1n) is 15.7. The molecule has 4 aliphatic carbocycles. The first-order valence-corrected chi connectivity index (χ1v) is 15.7. The van der Waals surface area contributed by atoms with Crippen molar-refractivity contribution in [2.45, 2.75) is 160 Å². The van der Waals surface area contributed by atoms with Crippen LogP contribution in [0, 0.1) is 33.5 Å². The van der Waals surface area contributed by atoms with Crippen molar-refractivity contribution in [1.82, 2.24) is 0 Å². The van der Waals surface area contributed by atoms with E-state index in [0.717, 1.165) is 44.9 Å². The molecule has 0 heterocycles. The molecule has 0 aromatic rings. The lowest BCUT2D eigenvalue weighted by Gasteiger charge is -2.36. The van der Waals surface area contributed by atoms with Gasteiger partial charge in [0.25, 0.3) is 0 Å². The Hall–Kier alpha value is -1.26. The van der Waals surface area contributed by atoms with Gasteiger partial charge >= 0.3 is 0 Å². The van der Waals surface area contributed by atoms with Gasteiger partial charge in [-0.25, -0.2) is 0 Å². The van der Waals surface area contributed by atoms with Crippen molar-refractivity contribution in [3.05, 3.63) is 23.3 Å². The number of aliphatic hydroxyl groups is 2. The lowest BCUT2D eigenvalue weighted by molar-refractivity contribution is -0.124. The molecule has 4 rings (SSSR count). The smallest absolute Gasteiger partial charge is 0.156 e. The third kappa shape index (κ3) is 15.7. The Labute approximate surface area is 247 Å². The van der Waals surface area contributed by atoms with E-state index in [-0.39, 0.29) is 28.8 Å². The van der Waals surface area contributed by atoms with Gasteiger partial charge in [0.1, 0.15) is 5.78 Å². The summed E-state index contributed by atoms with van der Waals surface area (Å²) in [6, 6.07) is 0. The maximum Gasteiger partial charge on any atom is 0.156 e. The number of Topliss-reactive ketones (excluding diaryl/α,β-unsaturated/α-hetero) is 1. The summed E-state index contributed by atoms with van der Waals surface area (Å²) >= 11 is 0. The van der Waals surface area contributed by atoms with E-state index in [1.165, 1.54) is 24.0 Å². The van der Waals surface area contributed by atoms with Gasteiger partial charge < -0.3 is 10.2 Å². The standard InChI is InChI=1S/C9H18O.2C9H16O.C9H14O/c4*1-7-4-8(10)6-9(2,3)5-7/h7-8,10H,4-6H2,1-3H3;7H,4-6H2,1-3H3;4,8,10H,5-6H2,1-3H3;4H,5-6H2,1-3H3. The number of rotatable bonds is 0. The highest BCUT2D eigenvalue weighted by Gasteiger charge is 2.31. The molecule has 0 saturated heterocycles. The molecule has 40 heavy (non-hydrogen) atoms. The van der Waals surface area contributed by atoms with Crippen molar-refractivity contribution in [1.29, 1.82) is 0 Å². The Morgan fingerprint density at radius 3 is 1.57 bits per heavy atom. The molecule has 4 unspecified atom stereocenters. The van der Waals surface area contributed by atoms with Crippen molar-refractivity contribution in [2.24, 2.45) is 33.5 Å². The Bertz CT molecular complexity index is 888. The van der Waals surface area contributed by atoms with Crippen LogP contribution < -0.4 is 0 Å². The second-order valence-electron chi connectivity index (χ2n) is 17.1. The van der Waals surface area contributed by atoms with Crippen molar-refractivity contribution >= 4 is 11.6 Å². The molecular formula is C36H64O4. The molecular weight excluding hydrogens is 496 g/mol. The number of allylic oxidation sites excluding steroid dienone is 3. The fourth-order valence-electron chi connectivity index (χ4n) is 7.88. The van der Waals surface area contributed by atoms with E-state index in [1.54, 1.807) is 6.08 Å². The normalized spacial score (nSPS) is 31.9. The maximum atomic E-state index is 11.1. The zero-order chi connectivity index (χ0) is 31.1. The largest absolute Gasteiger partial charge is 0.393 e. The van der Waals surface area contributed by atoms with Gasteiger partial charge in [-0.2, -0.15) is 0 Å². The van der Waals surface area contributed by atoms with Crippen molar-refractivity contribution in [3.63, 3.8) is 0 Å². The van der Waals surface area contributed by atoms with Crippen LogP contribution >= 0.6 is 0 Å². The van der Waals surface area contributed by atoms with Gasteiger partial charge in [-0.05, 0) is 98.4 Å². The van der Waals surface area contributed by atoms with Crippen molar-refractivity contribution < 1.29 is 19.8 Å². The summed E-state index contributed by atoms with van der Waals surface area (Å²) in [4.78, 5) is 22.1. The average molecular weight is 561 g/mol. The van der Waals surface area contributed by atoms with Crippen LogP contribution in [-0.4, -0.2) is 34.0 Å². The first kappa shape index (κ1) is 36.8. The number of carbonyl (C=O) groups is 2. The zero-order valence-electron chi connectivity index (χ0n) is 28.2. The van der Waals surface area contributed by atoms with Gasteiger partial charge in [-0.3, -0.25) is 9.59 Å². The first-order chi connectivity index (χ1) is 18.0. The molecule has 0 spiro atoms. The molecule has 0 aliphatic heterocycles. The minimum Gasteiger partial charge on any atom is -0.393 e. The minimum absolute atomic E-state index is 0.0428. The highest BCUT2D eigenvalue weighted by Crippen LogP contribution is 2.39. The van der Waals surface area contributed by atoms with Crippen LogP contribution in [0.5, 0.6) is 0 Å². The fraction of sp³-hybridized carbons (Fsp3) is 0.833. The van der Waals surface area contributed by atoms with Gasteiger partial charge in [0, 0.05) is 19.3 Å². The SMILES string of the molecule is CC1=CC(=O)CC(C)(C)C1.CC1=CC(O)CC(C)(C)C1.CC1CC(=O)CC(C)(C)C1.CC1CC(O)CC(C)(C)C1. The Kier molecular flexibility index (Phi) is 13.6. The van der Waals surface area contributed by atoms with E-state index < -0.39 is 0 Å². The van der Waals surface area contributed by atoms with Gasteiger partial charge in [0.15, 0.2) is 5.78 Å². The molecule has 232 valence electrons. The number of carbonyl (C=O) groups excluding carboxylic acids is 2. The fourth-order valence-corrected chi connectivity index (χ4v) is 7.88. The lowest BCUT2D eigenvalue weighted by atomic mass is 9.72. The molecule has 0 amide bonds. The average Bonchev–Trinajstić information content (AvgIpc) is 2.60. The Morgan fingerprint density at radius 1 is 0.650 bits per heavy atom. The lowest BCUT2D eigenvalue weighted by Crippen LogP contribution is -2.30. The summed E-state index contributed by atoms with van der Waals surface area (Å²) in [5, 5.41) is 18.8. The third-order valence-electron chi connectivity index (χ3n) is 8.33. The summed E-state index contributed by atoms with van der Waals surface area (Å²) < 4.78 is 0. The van der Waals surface area contributed by atoms with Gasteiger partial charge in [-0.15, -0.1) is 0 Å². The van der Waals surface area contributed by atoms with Crippen LogP contribution in [0.25, 0.3) is 0 Å². The summed E-state index contributed by atoms with van der Waals surface area (Å²) in [5.41, 5.74) is 3.70. The van der Waals surface area contributed by atoms with Gasteiger partial charge in [0.2, 0.25) is 0 Å². The summed E-state index contributed by atoms with van der Waals surface area (Å²) in [6.45, 7) is 26.0. The summed E-state index contributed by atoms with van der Waals surface area (Å²) in [5.74, 6) is 2.05. The molecule has 0 radical (unpaired) electrons. The Balaban J connectivity index is 0.000000267. The third-order valence-corrected chi connectivity index (χ3v) is 8.33. The van der Waals surface area contributed by atoms with E-state index in [2.05, 4.69) is 76.2 Å². The number of aliphatic hydroxyl groups excluding tert-OH is 2. The molecule has 0 aromatic carbocycles. The van der Waals surface area contributed by atoms with E-state index in [1.807, 2.05) is 13.0 Å². The minimum atomic E-state index is -0.205. The zero-order valence-corrected chi connectivity index (χ0v) is 28.2. The van der Waals surface area contributed by atoms with E-state index in [0.29, 0.717) is 34.9 Å². The highest BCUT2D eigenvalue weighted by atomic mass is 16.3. The predicted octanol–water partition coefficient (Wildman–Crippen LogP) is 9.03. The Morgan fingerprint density at radius 2 is 1.18 bits per heavy atom. The molecule has 4 heteroatoms. The predicted molar refractivity (Wildman–Crippen MR) is 169 cm³/mol. The van der Waals surface area contributed by atoms with Crippen LogP contribution in [0.1, 0.15) is 147 Å². The van der Waals surface area contributed by atoms with Crippen LogP contribution in [0.3, 0.4) is 0 Å². The quantitative estimate of drug-likeness (QED) is 0.290. The second-order valence-corrected chi connectivity index (χ2v) is 17.1. The van der Waals surface area contributed by atoms with E-state index in [9.17, 15) is 19.8 Å². The molecule has 4 nitrogen and oxygen atoms in total. The van der Waals surface area contributed by atoms with Crippen molar-refractivity contribution in [2.75, 3.05) is 0 Å². The molecule has 2 fully saturated rings. The molecule has 0 aromatic heterocycles. The van der Waals surface area contributed by atoms with Gasteiger partial charge in [0.05, 0.1) is 12.2 Å². The van der Waals surface area contributed by atoms with E-state index in [4.69, 9.17) is 0 Å². The van der Waals surface area contributed by atoms with Crippen LogP contribution in [0.4, 0.5) is 0 Å². The monoisotopic (exact) mass is 560 g/mol. The van der Waals surface area contributed by atoms with Crippen LogP contribution in [0.15, 0.2) is 23.3 Å². The topological polar surface area (TPSA) is 74.6 Å². The molecule has 4 aliphatic rings. The number of ketones is 2. The van der Waals surface area contributed by atoms with E-state index >= 15 is 0 Å². The highest BCUT2D eigenvalue weighted by molar-refractivity contribution is 5.91. The number of hydrogen-bond donors (Lipinski definition) is 2. The molecule has 2 N–H and O–H groups in total. The number of hydrogen-bond acceptors (Lipinski definition) is 4. The molecule has 4 atom stereocenters. The summed E-state index contributed by atoms with van der Waals surface area (Å²) in [7, 11) is 0. The summed E-state index contributed by atoms with van der Waals surface area (Å²) in [6.07, 6.45) is 13.4. The van der Waals surface area contributed by atoms with Gasteiger partial charge in [-0.1, -0.05) is 86.5 Å². The maximum absolute atomic E-state index is 11.1. The molecule has 2 saturated carbocycles. The van der Waals surface area contributed by atoms with Crippen LogP contribution in [0.2, 0.25) is 0 Å². The second kappa shape index (κ2) is 14.8. The van der Waals surface area contributed by atoms with Crippen LogP contribution in [-0.2, 0) is 9.59 Å².